The number of nitrogens with zero attached hydrogens (tertiary/aromatic N) is 3. The zero-order valence-electron chi connectivity index (χ0n) is 9.33. The van der Waals surface area contributed by atoms with Gasteiger partial charge in [-0.05, 0) is 36.3 Å². The Morgan fingerprint density at radius 3 is 2.80 bits per heavy atom. The van der Waals surface area contributed by atoms with Crippen LogP contribution in [0.4, 0.5) is 5.13 Å². The van der Waals surface area contributed by atoms with Gasteiger partial charge in [0, 0.05) is 19.1 Å². The lowest BCUT2D eigenvalue weighted by Crippen LogP contribution is -2.32. The van der Waals surface area contributed by atoms with Crippen molar-refractivity contribution in [1.29, 1.82) is 0 Å². The first-order chi connectivity index (χ1) is 7.13. The number of hydrogen-bond donors (Lipinski definition) is 1. The monoisotopic (exact) mass is 292 g/mol. The van der Waals surface area contributed by atoms with E-state index in [1.807, 2.05) is 0 Å². The largest absolute Gasteiger partial charge is 0.359 e. The summed E-state index contributed by atoms with van der Waals surface area (Å²) >= 11 is 4.80. The number of nitrogens with one attached hydrogen (secondary N) is 1. The van der Waals surface area contributed by atoms with Gasteiger partial charge >= 0.3 is 0 Å². The lowest BCUT2D eigenvalue weighted by molar-refractivity contribution is 0.261. The number of hydrogen-bond acceptors (Lipinski definition) is 5. The first-order valence-electron chi connectivity index (χ1n) is 5.06. The van der Waals surface area contributed by atoms with Crippen LogP contribution in [0.2, 0.25) is 0 Å². The van der Waals surface area contributed by atoms with Gasteiger partial charge in [0.2, 0.25) is 5.13 Å². The van der Waals surface area contributed by atoms with Gasteiger partial charge in [0.1, 0.15) is 0 Å². The molecule has 0 amide bonds. The van der Waals surface area contributed by atoms with Crippen molar-refractivity contribution in [2.45, 2.75) is 26.3 Å². The summed E-state index contributed by atoms with van der Waals surface area (Å²) in [5.74, 6) is 0. The van der Waals surface area contributed by atoms with Gasteiger partial charge in [0.25, 0.3) is 0 Å². The van der Waals surface area contributed by atoms with Crippen LogP contribution in [0.5, 0.6) is 0 Å². The number of aromatic nitrogens is 2. The van der Waals surface area contributed by atoms with Crippen molar-refractivity contribution >= 4 is 32.4 Å². The molecule has 1 aromatic heterocycles. The van der Waals surface area contributed by atoms with Gasteiger partial charge < -0.3 is 10.2 Å². The van der Waals surface area contributed by atoms with Gasteiger partial charge in [-0.2, -0.15) is 0 Å². The molecule has 15 heavy (non-hydrogen) atoms. The second-order valence-corrected chi connectivity index (χ2v) is 5.78. The molecule has 1 heterocycles. The summed E-state index contributed by atoms with van der Waals surface area (Å²) in [6, 6.07) is 0.632. The summed E-state index contributed by atoms with van der Waals surface area (Å²) in [5, 5.41) is 12.0. The molecule has 0 saturated heterocycles. The Labute approximate surface area is 103 Å². The molecule has 0 aliphatic carbocycles. The van der Waals surface area contributed by atoms with E-state index in [0.717, 1.165) is 22.1 Å². The Morgan fingerprint density at radius 2 is 2.27 bits per heavy atom. The highest BCUT2D eigenvalue weighted by Gasteiger charge is 2.06. The van der Waals surface area contributed by atoms with Gasteiger partial charge in [-0.3, -0.25) is 0 Å². The van der Waals surface area contributed by atoms with E-state index in [0.29, 0.717) is 6.04 Å². The minimum absolute atomic E-state index is 0.632. The maximum absolute atomic E-state index is 3.97. The highest BCUT2D eigenvalue weighted by atomic mass is 79.9. The molecule has 1 aromatic rings. The Balaban J connectivity index is 2.21. The highest BCUT2D eigenvalue weighted by molar-refractivity contribution is 9.11. The van der Waals surface area contributed by atoms with Gasteiger partial charge in [-0.1, -0.05) is 18.3 Å². The Kier molecular flexibility index (Phi) is 5.49. The summed E-state index contributed by atoms with van der Waals surface area (Å²) in [6.45, 7) is 6.37. The summed E-state index contributed by atoms with van der Waals surface area (Å²) < 4.78 is 0.820. The molecule has 1 N–H and O–H groups in total. The van der Waals surface area contributed by atoms with E-state index in [2.05, 4.69) is 57.2 Å². The van der Waals surface area contributed by atoms with Gasteiger partial charge in [-0.15, -0.1) is 10.2 Å². The van der Waals surface area contributed by atoms with Gasteiger partial charge in [-0.25, -0.2) is 0 Å². The average molecular weight is 293 g/mol. The van der Waals surface area contributed by atoms with Crippen LogP contribution in [0.25, 0.3) is 0 Å². The zero-order chi connectivity index (χ0) is 11.3. The first-order valence-corrected chi connectivity index (χ1v) is 6.67. The molecule has 6 heteroatoms. The molecule has 1 rings (SSSR count). The van der Waals surface area contributed by atoms with Crippen LogP contribution in [0.3, 0.4) is 0 Å². The summed E-state index contributed by atoms with van der Waals surface area (Å²) in [4.78, 5) is 2.34. The van der Waals surface area contributed by atoms with Crippen LogP contribution < -0.4 is 5.32 Å². The Morgan fingerprint density at radius 1 is 1.53 bits per heavy atom. The predicted octanol–water partition coefficient (Wildman–Crippen LogP) is 2.44. The molecule has 1 atom stereocenters. The fourth-order valence-corrected chi connectivity index (χ4v) is 2.18. The van der Waals surface area contributed by atoms with E-state index in [1.54, 1.807) is 0 Å². The third-order valence-electron chi connectivity index (χ3n) is 2.48. The van der Waals surface area contributed by atoms with E-state index in [4.69, 9.17) is 0 Å². The van der Waals surface area contributed by atoms with Crippen molar-refractivity contribution in [2.24, 2.45) is 0 Å². The number of anilines is 1. The zero-order valence-corrected chi connectivity index (χ0v) is 11.7. The average Bonchev–Trinajstić information content (AvgIpc) is 2.63. The van der Waals surface area contributed by atoms with Crippen LogP contribution in [0.15, 0.2) is 3.92 Å². The SMILES string of the molecule is CCC(C)N(C)CCNc1nnc(Br)s1. The molecular weight excluding hydrogens is 276 g/mol. The minimum atomic E-state index is 0.632. The molecule has 4 nitrogen and oxygen atoms in total. The minimum Gasteiger partial charge on any atom is -0.359 e. The molecule has 0 fully saturated rings. The van der Waals surface area contributed by atoms with E-state index < -0.39 is 0 Å². The summed E-state index contributed by atoms with van der Waals surface area (Å²) in [6.07, 6.45) is 1.18. The van der Waals surface area contributed by atoms with Crippen LogP contribution >= 0.6 is 27.3 Å². The first kappa shape index (κ1) is 12.9. The molecule has 0 bridgehead atoms. The quantitative estimate of drug-likeness (QED) is 0.874. The maximum Gasteiger partial charge on any atom is 0.206 e. The van der Waals surface area contributed by atoms with Crippen molar-refractivity contribution in [3.63, 3.8) is 0 Å². The van der Waals surface area contributed by atoms with Crippen LogP contribution in [-0.4, -0.2) is 41.3 Å². The maximum atomic E-state index is 3.97. The van der Waals surface area contributed by atoms with Crippen LogP contribution in [0.1, 0.15) is 20.3 Å². The third-order valence-corrected chi connectivity index (χ3v) is 3.80. The van der Waals surface area contributed by atoms with Crippen molar-refractivity contribution < 1.29 is 0 Å². The number of halogens is 1. The van der Waals surface area contributed by atoms with Crippen molar-refractivity contribution in [2.75, 3.05) is 25.5 Å². The number of likely N-dealkylation sites (N-methyl/N-ethyl adjacent to an activating group) is 1. The normalized spacial score (nSPS) is 13.1. The molecular formula is C9H17BrN4S. The van der Waals surface area contributed by atoms with Crippen LogP contribution in [-0.2, 0) is 0 Å². The van der Waals surface area contributed by atoms with Crippen molar-refractivity contribution in [1.82, 2.24) is 15.1 Å². The number of rotatable bonds is 6. The Bertz CT molecular complexity index is 291. The molecule has 0 aliphatic heterocycles. The topological polar surface area (TPSA) is 41.0 Å². The fourth-order valence-electron chi connectivity index (χ4n) is 1.15. The molecule has 1 unspecified atom stereocenters. The van der Waals surface area contributed by atoms with E-state index in [9.17, 15) is 0 Å². The standard InChI is InChI=1S/C9H17BrN4S/c1-4-7(2)14(3)6-5-11-9-13-12-8(10)15-9/h7H,4-6H2,1-3H3,(H,11,13). The molecule has 0 aromatic carbocycles. The highest BCUT2D eigenvalue weighted by Crippen LogP contribution is 2.19. The Hall–Kier alpha value is -0.200. The summed E-state index contributed by atoms with van der Waals surface area (Å²) in [7, 11) is 2.14. The summed E-state index contributed by atoms with van der Waals surface area (Å²) in [5.41, 5.74) is 0. The smallest absolute Gasteiger partial charge is 0.206 e. The third kappa shape index (κ3) is 4.44. The lowest BCUT2D eigenvalue weighted by atomic mass is 10.2. The second-order valence-electron chi connectivity index (χ2n) is 3.52. The predicted molar refractivity (Wildman–Crippen MR) is 68.5 cm³/mol. The molecule has 0 spiro atoms. The van der Waals surface area contributed by atoms with Crippen LogP contribution in [0, 0.1) is 0 Å². The van der Waals surface area contributed by atoms with E-state index >= 15 is 0 Å². The van der Waals surface area contributed by atoms with Crippen molar-refractivity contribution in [3.05, 3.63) is 3.92 Å². The van der Waals surface area contributed by atoms with Gasteiger partial charge in [0.05, 0.1) is 0 Å². The van der Waals surface area contributed by atoms with E-state index in [-0.39, 0.29) is 0 Å². The molecule has 0 aliphatic rings. The molecule has 0 radical (unpaired) electrons. The van der Waals surface area contributed by atoms with Gasteiger partial charge in [0.15, 0.2) is 3.92 Å². The molecule has 86 valence electrons. The van der Waals surface area contributed by atoms with Crippen molar-refractivity contribution in [3.8, 4) is 0 Å². The van der Waals surface area contributed by atoms with E-state index in [1.165, 1.54) is 17.8 Å². The lowest BCUT2D eigenvalue weighted by Gasteiger charge is -2.23. The second kappa shape index (κ2) is 6.40. The fraction of sp³-hybridized carbons (Fsp3) is 0.778. The molecule has 0 saturated carbocycles.